The number of para-hydroxylation sites is 1. The first kappa shape index (κ1) is 12.6. The highest BCUT2D eigenvalue weighted by atomic mass is 16.5. The molecular weight excluding hydrogens is 260 g/mol. The van der Waals surface area contributed by atoms with Crippen molar-refractivity contribution in [1.82, 2.24) is 20.2 Å². The number of phenols is 1. The second kappa shape index (κ2) is 4.92. The summed E-state index contributed by atoms with van der Waals surface area (Å²) < 4.78 is 6.85. The molecule has 0 atom stereocenters. The number of aryl methyl sites for hydroxylation is 1. The van der Waals surface area contributed by atoms with E-state index >= 15 is 0 Å². The fourth-order valence-corrected chi connectivity index (χ4v) is 1.94. The van der Waals surface area contributed by atoms with Gasteiger partial charge in [-0.1, -0.05) is 12.1 Å². The van der Waals surface area contributed by atoms with Crippen molar-refractivity contribution in [2.75, 3.05) is 0 Å². The summed E-state index contributed by atoms with van der Waals surface area (Å²) in [6.45, 7) is 1.72. The van der Waals surface area contributed by atoms with E-state index in [-0.39, 0.29) is 17.9 Å². The zero-order valence-electron chi connectivity index (χ0n) is 11.0. The molecule has 0 bridgehead atoms. The Kier molecular flexibility index (Phi) is 3.09. The van der Waals surface area contributed by atoms with Crippen LogP contribution in [0.4, 0.5) is 0 Å². The van der Waals surface area contributed by atoms with Crippen LogP contribution in [0.5, 0.6) is 5.75 Å². The number of hydrogen-bond donors (Lipinski definition) is 1. The Balaban J connectivity index is 1.70. The molecule has 1 aliphatic rings. The lowest BCUT2D eigenvalue weighted by Gasteiger charge is -2.07. The molecular formula is C13H14N4O3. The van der Waals surface area contributed by atoms with Crippen LogP contribution in [-0.4, -0.2) is 31.3 Å². The maximum atomic E-state index is 11.9. The summed E-state index contributed by atoms with van der Waals surface area (Å²) in [6.07, 6.45) is 2.09. The number of carbonyl (C=O) groups excluding carboxylic acids is 1. The van der Waals surface area contributed by atoms with E-state index in [1.54, 1.807) is 23.7 Å². The Morgan fingerprint density at radius 2 is 2.30 bits per heavy atom. The molecule has 1 aliphatic carbocycles. The molecule has 7 heteroatoms. The molecule has 7 nitrogen and oxygen atoms in total. The monoisotopic (exact) mass is 274 g/mol. The van der Waals surface area contributed by atoms with E-state index in [1.807, 2.05) is 0 Å². The van der Waals surface area contributed by atoms with Gasteiger partial charge in [0.2, 0.25) is 0 Å². The number of phenolic OH excluding ortho intramolecular Hbond substituents is 1. The molecule has 1 aromatic heterocycles. The first-order valence-electron chi connectivity index (χ1n) is 6.39. The molecule has 2 aromatic rings. The van der Waals surface area contributed by atoms with Crippen LogP contribution in [0.1, 0.15) is 40.6 Å². The number of nitrogens with zero attached hydrogens (tertiary/aromatic N) is 4. The van der Waals surface area contributed by atoms with Gasteiger partial charge in [0, 0.05) is 0 Å². The van der Waals surface area contributed by atoms with Gasteiger partial charge < -0.3 is 9.84 Å². The Hall–Kier alpha value is -2.44. The third-order valence-corrected chi connectivity index (χ3v) is 3.24. The first-order valence-corrected chi connectivity index (χ1v) is 6.39. The van der Waals surface area contributed by atoms with Crippen LogP contribution >= 0.6 is 0 Å². The van der Waals surface area contributed by atoms with Crippen molar-refractivity contribution >= 4 is 5.97 Å². The van der Waals surface area contributed by atoms with E-state index in [0.717, 1.165) is 12.8 Å². The molecule has 1 fully saturated rings. The number of ether oxygens (including phenoxy) is 1. The number of carbonyl (C=O) groups is 1. The summed E-state index contributed by atoms with van der Waals surface area (Å²) in [4.78, 5) is 11.9. The molecule has 20 heavy (non-hydrogen) atoms. The number of aromatic hydroxyl groups is 1. The SMILES string of the molecule is Cc1cccc(C(=O)OCc2nnnn2C2CC2)c1O. The molecule has 104 valence electrons. The van der Waals surface area contributed by atoms with Gasteiger partial charge in [-0.3, -0.25) is 0 Å². The van der Waals surface area contributed by atoms with Crippen LogP contribution in [0.25, 0.3) is 0 Å². The van der Waals surface area contributed by atoms with Gasteiger partial charge in [0.05, 0.1) is 6.04 Å². The molecule has 0 saturated heterocycles. The molecule has 1 N–H and O–H groups in total. The van der Waals surface area contributed by atoms with Crippen LogP contribution in [-0.2, 0) is 11.3 Å². The topological polar surface area (TPSA) is 90.1 Å². The predicted octanol–water partition coefficient (Wildman–Crippen LogP) is 1.38. The van der Waals surface area contributed by atoms with Gasteiger partial charge in [0.1, 0.15) is 11.3 Å². The smallest absolute Gasteiger partial charge is 0.342 e. The van der Waals surface area contributed by atoms with Crippen LogP contribution in [0.3, 0.4) is 0 Å². The summed E-state index contributed by atoms with van der Waals surface area (Å²) in [5.41, 5.74) is 0.776. The standard InChI is InChI=1S/C13H14N4O3/c1-8-3-2-4-10(12(8)18)13(19)20-7-11-14-15-16-17(11)9-5-6-9/h2-4,9,18H,5-7H2,1H3. The Labute approximate surface area is 115 Å². The van der Waals surface area contributed by atoms with Crippen molar-refractivity contribution in [2.45, 2.75) is 32.4 Å². The number of tetrazole rings is 1. The Morgan fingerprint density at radius 1 is 1.50 bits per heavy atom. The minimum atomic E-state index is -0.587. The maximum absolute atomic E-state index is 11.9. The van der Waals surface area contributed by atoms with Gasteiger partial charge in [-0.25, -0.2) is 9.48 Å². The number of hydrogen-bond acceptors (Lipinski definition) is 6. The normalized spacial score (nSPS) is 14.2. The van der Waals surface area contributed by atoms with Gasteiger partial charge in [0.15, 0.2) is 12.4 Å². The Bertz CT molecular complexity index is 649. The van der Waals surface area contributed by atoms with Crippen LogP contribution in [0.2, 0.25) is 0 Å². The van der Waals surface area contributed by atoms with Crippen molar-refractivity contribution in [3.05, 3.63) is 35.2 Å². The largest absolute Gasteiger partial charge is 0.507 e. The van der Waals surface area contributed by atoms with Gasteiger partial charge in [-0.15, -0.1) is 5.10 Å². The average Bonchev–Trinajstić information content (AvgIpc) is 3.18. The number of esters is 1. The van der Waals surface area contributed by atoms with E-state index in [0.29, 0.717) is 17.4 Å². The molecule has 0 spiro atoms. The minimum absolute atomic E-state index is 0.00425. The summed E-state index contributed by atoms with van der Waals surface area (Å²) in [5.74, 6) is -0.121. The molecule has 0 radical (unpaired) electrons. The van der Waals surface area contributed by atoms with E-state index in [1.165, 1.54) is 6.07 Å². The number of rotatable bonds is 4. The van der Waals surface area contributed by atoms with Gasteiger partial charge in [-0.05, 0) is 41.8 Å². The maximum Gasteiger partial charge on any atom is 0.342 e. The van der Waals surface area contributed by atoms with E-state index < -0.39 is 5.97 Å². The zero-order chi connectivity index (χ0) is 14.1. The summed E-state index contributed by atoms with van der Waals surface area (Å²) in [7, 11) is 0. The predicted molar refractivity (Wildman–Crippen MR) is 68.1 cm³/mol. The first-order chi connectivity index (χ1) is 9.66. The highest BCUT2D eigenvalue weighted by Gasteiger charge is 2.28. The fourth-order valence-electron chi connectivity index (χ4n) is 1.94. The second-order valence-corrected chi connectivity index (χ2v) is 4.82. The third kappa shape index (κ3) is 2.34. The molecule has 3 rings (SSSR count). The molecule has 0 aliphatic heterocycles. The van der Waals surface area contributed by atoms with Crippen LogP contribution in [0.15, 0.2) is 18.2 Å². The van der Waals surface area contributed by atoms with Crippen molar-refractivity contribution in [3.8, 4) is 5.75 Å². The van der Waals surface area contributed by atoms with Gasteiger partial charge in [-0.2, -0.15) is 0 Å². The molecule has 1 aromatic carbocycles. The molecule has 1 saturated carbocycles. The average molecular weight is 274 g/mol. The van der Waals surface area contributed by atoms with Crippen molar-refractivity contribution in [1.29, 1.82) is 0 Å². The van der Waals surface area contributed by atoms with E-state index in [4.69, 9.17) is 4.74 Å². The van der Waals surface area contributed by atoms with Crippen molar-refractivity contribution in [2.24, 2.45) is 0 Å². The van der Waals surface area contributed by atoms with E-state index in [2.05, 4.69) is 15.5 Å². The fraction of sp³-hybridized carbons (Fsp3) is 0.385. The number of benzene rings is 1. The minimum Gasteiger partial charge on any atom is -0.507 e. The van der Waals surface area contributed by atoms with Gasteiger partial charge >= 0.3 is 5.97 Å². The summed E-state index contributed by atoms with van der Waals surface area (Å²) in [6, 6.07) is 5.26. The van der Waals surface area contributed by atoms with Crippen LogP contribution < -0.4 is 0 Å². The third-order valence-electron chi connectivity index (χ3n) is 3.24. The Morgan fingerprint density at radius 3 is 3.05 bits per heavy atom. The van der Waals surface area contributed by atoms with Gasteiger partial charge in [0.25, 0.3) is 0 Å². The molecule has 0 amide bonds. The lowest BCUT2D eigenvalue weighted by atomic mass is 10.1. The van der Waals surface area contributed by atoms with E-state index in [9.17, 15) is 9.90 Å². The lowest BCUT2D eigenvalue weighted by Crippen LogP contribution is -2.10. The molecule has 1 heterocycles. The second-order valence-electron chi connectivity index (χ2n) is 4.82. The quantitative estimate of drug-likeness (QED) is 0.847. The lowest BCUT2D eigenvalue weighted by molar-refractivity contribution is 0.0453. The summed E-state index contributed by atoms with van der Waals surface area (Å²) in [5, 5.41) is 21.1. The highest BCUT2D eigenvalue weighted by molar-refractivity contribution is 5.92. The highest BCUT2D eigenvalue weighted by Crippen LogP contribution is 2.34. The molecule has 0 unspecified atom stereocenters. The van der Waals surface area contributed by atoms with Crippen LogP contribution in [0, 0.1) is 6.92 Å². The zero-order valence-corrected chi connectivity index (χ0v) is 11.0. The number of aromatic nitrogens is 4. The summed E-state index contributed by atoms with van der Waals surface area (Å²) >= 11 is 0. The van der Waals surface area contributed by atoms with Crippen molar-refractivity contribution in [3.63, 3.8) is 0 Å². The van der Waals surface area contributed by atoms with Crippen molar-refractivity contribution < 1.29 is 14.6 Å².